The summed E-state index contributed by atoms with van der Waals surface area (Å²) >= 11 is 0. The summed E-state index contributed by atoms with van der Waals surface area (Å²) in [6.07, 6.45) is 0. The van der Waals surface area contributed by atoms with Crippen molar-refractivity contribution in [2.75, 3.05) is 14.2 Å². The summed E-state index contributed by atoms with van der Waals surface area (Å²) in [5, 5.41) is 0. The number of benzene rings is 1. The highest BCUT2D eigenvalue weighted by molar-refractivity contribution is 5.35. The van der Waals surface area contributed by atoms with Gasteiger partial charge >= 0.3 is 5.69 Å². The lowest BCUT2D eigenvalue weighted by Gasteiger charge is -1.95. The molecule has 12 heavy (non-hydrogen) atoms. The van der Waals surface area contributed by atoms with E-state index < -0.39 is 0 Å². The summed E-state index contributed by atoms with van der Waals surface area (Å²) in [5.74, 6) is 0.711. The van der Waals surface area contributed by atoms with Gasteiger partial charge in [0.15, 0.2) is 7.11 Å². The zero-order valence-corrected chi connectivity index (χ0v) is 6.98. The second-order valence-electron chi connectivity index (χ2n) is 2.14. The molecule has 0 saturated carbocycles. The minimum Gasteiger partial charge on any atom is -0.497 e. The van der Waals surface area contributed by atoms with E-state index in [9.17, 15) is 4.91 Å². The van der Waals surface area contributed by atoms with Crippen molar-refractivity contribution < 1.29 is 14.5 Å². The quantitative estimate of drug-likeness (QED) is 0.644. The van der Waals surface area contributed by atoms with E-state index in [0.29, 0.717) is 16.4 Å². The second-order valence-corrected chi connectivity index (χ2v) is 2.14. The molecule has 64 valence electrons. The molecule has 0 amide bonds. The number of nitrogens with zero attached hydrogens (tertiary/aromatic N) is 1. The van der Waals surface area contributed by atoms with Crippen LogP contribution in [0, 0.1) is 4.91 Å². The molecule has 0 N–H and O–H groups in total. The highest BCUT2D eigenvalue weighted by Gasteiger charge is 2.12. The van der Waals surface area contributed by atoms with Crippen LogP contribution >= 0.6 is 0 Å². The van der Waals surface area contributed by atoms with Crippen LogP contribution in [0.2, 0.25) is 0 Å². The molecule has 0 fully saturated rings. The Kier molecular flexibility index (Phi) is 2.63. The number of hydrogen-bond donors (Lipinski definition) is 0. The number of ether oxygens (including phenoxy) is 1. The molecule has 0 unspecified atom stereocenters. The molecule has 4 nitrogen and oxygen atoms in total. The Balaban J connectivity index is 2.84. The number of hydrogen-bond acceptors (Lipinski definition) is 3. The molecule has 0 aliphatic heterocycles. The molecule has 0 atom stereocenters. The third-order valence-corrected chi connectivity index (χ3v) is 1.45. The van der Waals surface area contributed by atoms with Gasteiger partial charge in [0.25, 0.3) is 4.92 Å². The van der Waals surface area contributed by atoms with Gasteiger partial charge < -0.3 is 4.74 Å². The molecule has 0 aromatic heterocycles. The Morgan fingerprint density at radius 2 is 1.75 bits per heavy atom. The molecule has 0 radical (unpaired) electrons. The molecule has 0 heterocycles. The fourth-order valence-corrected chi connectivity index (χ4v) is 0.809. The molecule has 0 spiro atoms. The summed E-state index contributed by atoms with van der Waals surface area (Å²) < 4.78 is 4.92. The maximum Gasteiger partial charge on any atom is 0.317 e. The van der Waals surface area contributed by atoms with Gasteiger partial charge in [-0.1, -0.05) is 0 Å². The van der Waals surface area contributed by atoms with Crippen LogP contribution in [-0.2, 0) is 4.84 Å². The topological polar surface area (TPSA) is 38.5 Å². The fraction of sp³-hybridized carbons (Fsp3) is 0.250. The molecule has 0 bridgehead atoms. The van der Waals surface area contributed by atoms with Crippen molar-refractivity contribution in [2.24, 2.45) is 0 Å². The Morgan fingerprint density at radius 1 is 1.17 bits per heavy atom. The minimum absolute atomic E-state index is 0.430. The van der Waals surface area contributed by atoms with Crippen molar-refractivity contribution in [1.29, 1.82) is 0 Å². The summed E-state index contributed by atoms with van der Waals surface area (Å²) in [5.41, 5.74) is 0.443. The zero-order chi connectivity index (χ0) is 8.97. The van der Waals surface area contributed by atoms with E-state index in [2.05, 4.69) is 4.84 Å². The molecule has 0 aliphatic rings. The molecule has 4 heteroatoms. The summed E-state index contributed by atoms with van der Waals surface area (Å²) in [7, 11) is 2.89. The standard InChI is InChI=1S/C8H10NO3/c1-11-8-5-3-7(4-6-8)9(10)12-2/h3-6H,1-2H3/q+1. The van der Waals surface area contributed by atoms with Crippen LogP contribution < -0.4 is 4.74 Å². The Bertz CT molecular complexity index is 268. The summed E-state index contributed by atoms with van der Waals surface area (Å²) in [4.78, 5) is 15.7. The van der Waals surface area contributed by atoms with Crippen molar-refractivity contribution in [3.8, 4) is 5.75 Å². The molecular weight excluding hydrogens is 158 g/mol. The SMILES string of the molecule is COc1ccc([N+](=O)OC)cc1. The first kappa shape index (κ1) is 8.52. The van der Waals surface area contributed by atoms with Gasteiger partial charge in [-0.05, 0) is 12.1 Å². The first-order chi connectivity index (χ1) is 5.77. The van der Waals surface area contributed by atoms with E-state index in [0.717, 1.165) is 0 Å². The predicted molar refractivity (Wildman–Crippen MR) is 43.3 cm³/mol. The minimum atomic E-state index is 0.430. The third-order valence-electron chi connectivity index (χ3n) is 1.45. The fourth-order valence-electron chi connectivity index (χ4n) is 0.809. The van der Waals surface area contributed by atoms with Crippen LogP contribution in [0.25, 0.3) is 0 Å². The van der Waals surface area contributed by atoms with Crippen LogP contribution in [0.3, 0.4) is 0 Å². The van der Waals surface area contributed by atoms with Crippen LogP contribution in [0.1, 0.15) is 0 Å². The van der Waals surface area contributed by atoms with E-state index in [1.54, 1.807) is 31.4 Å². The van der Waals surface area contributed by atoms with Crippen molar-refractivity contribution in [1.82, 2.24) is 0 Å². The van der Waals surface area contributed by atoms with Gasteiger partial charge in [-0.25, -0.2) is 4.84 Å². The molecule has 1 aromatic rings. The van der Waals surface area contributed by atoms with E-state index in [1.165, 1.54) is 7.11 Å². The van der Waals surface area contributed by atoms with E-state index >= 15 is 0 Å². The maximum absolute atomic E-state index is 10.9. The predicted octanol–water partition coefficient (Wildman–Crippen LogP) is 1.67. The molecule has 1 rings (SSSR count). The van der Waals surface area contributed by atoms with Crippen molar-refractivity contribution in [3.63, 3.8) is 0 Å². The smallest absolute Gasteiger partial charge is 0.317 e. The highest BCUT2D eigenvalue weighted by atomic mass is 16.8. The van der Waals surface area contributed by atoms with Crippen LogP contribution in [0.4, 0.5) is 5.69 Å². The van der Waals surface area contributed by atoms with Gasteiger partial charge in [-0.3, -0.25) is 0 Å². The Labute approximate surface area is 70.2 Å². The van der Waals surface area contributed by atoms with Crippen molar-refractivity contribution in [2.45, 2.75) is 0 Å². The van der Waals surface area contributed by atoms with Gasteiger partial charge in [0.05, 0.1) is 12.0 Å². The van der Waals surface area contributed by atoms with Crippen LogP contribution in [0.5, 0.6) is 5.75 Å². The van der Waals surface area contributed by atoms with Gasteiger partial charge in [0, 0.05) is 12.1 Å². The number of methoxy groups -OCH3 is 1. The summed E-state index contributed by atoms with van der Waals surface area (Å²) in [6.45, 7) is 0. The van der Waals surface area contributed by atoms with Crippen LogP contribution in [-0.4, -0.2) is 19.1 Å². The van der Waals surface area contributed by atoms with E-state index in [1.807, 2.05) is 0 Å². The second kappa shape index (κ2) is 3.71. The average molecular weight is 168 g/mol. The monoisotopic (exact) mass is 168 g/mol. The first-order valence-corrected chi connectivity index (χ1v) is 3.43. The molecule has 0 saturated heterocycles. The highest BCUT2D eigenvalue weighted by Crippen LogP contribution is 2.16. The van der Waals surface area contributed by atoms with Gasteiger partial charge in [0.1, 0.15) is 5.75 Å². The largest absolute Gasteiger partial charge is 0.497 e. The average Bonchev–Trinajstić information content (AvgIpc) is 2.17. The van der Waals surface area contributed by atoms with Crippen molar-refractivity contribution in [3.05, 3.63) is 29.2 Å². The normalized spacial score (nSPS) is 9.17. The Hall–Kier alpha value is -1.58. The third kappa shape index (κ3) is 1.72. The maximum atomic E-state index is 10.9. The van der Waals surface area contributed by atoms with Gasteiger partial charge in [-0.15, -0.1) is 0 Å². The first-order valence-electron chi connectivity index (χ1n) is 3.43. The lowest BCUT2D eigenvalue weighted by molar-refractivity contribution is -0.736. The van der Waals surface area contributed by atoms with Gasteiger partial charge in [-0.2, -0.15) is 0 Å². The summed E-state index contributed by atoms with van der Waals surface area (Å²) in [6, 6.07) is 6.63. The van der Waals surface area contributed by atoms with Crippen molar-refractivity contribution >= 4 is 5.69 Å². The Morgan fingerprint density at radius 3 is 2.17 bits per heavy atom. The van der Waals surface area contributed by atoms with Gasteiger partial charge in [0.2, 0.25) is 0 Å². The lowest BCUT2D eigenvalue weighted by atomic mass is 10.3. The number of rotatable bonds is 3. The lowest BCUT2D eigenvalue weighted by Crippen LogP contribution is -1.97. The van der Waals surface area contributed by atoms with Crippen LogP contribution in [0.15, 0.2) is 24.3 Å². The molecule has 0 aliphatic carbocycles. The van der Waals surface area contributed by atoms with E-state index in [4.69, 9.17) is 4.74 Å². The molecular formula is C8H10NO3+. The zero-order valence-electron chi connectivity index (χ0n) is 6.98. The molecule has 1 aromatic carbocycles. The van der Waals surface area contributed by atoms with E-state index in [-0.39, 0.29) is 0 Å².